The van der Waals surface area contributed by atoms with E-state index in [1.54, 1.807) is 18.2 Å². The lowest BCUT2D eigenvalue weighted by molar-refractivity contribution is -0.140. The number of unbranched alkanes of at least 4 members (excludes halogenated alkanes) is 3. The molecule has 7 heteroatoms. The van der Waals surface area contributed by atoms with E-state index in [0.29, 0.717) is 18.4 Å². The summed E-state index contributed by atoms with van der Waals surface area (Å²) in [6.45, 7) is 0. The molecule has 0 atom stereocenters. The fourth-order valence-electron chi connectivity index (χ4n) is 1.87. The third kappa shape index (κ3) is 8.35. The number of carbonyl (C=O) groups is 2. The van der Waals surface area contributed by atoms with Crippen molar-refractivity contribution in [2.24, 2.45) is 5.10 Å². The Balaban J connectivity index is 2.18. The Bertz CT molecular complexity index is 561. The number of ether oxygens (including phenoxy) is 1. The molecule has 2 N–H and O–H groups in total. The lowest BCUT2D eigenvalue weighted by atomic mass is 10.1. The number of nitrogens with zero attached hydrogens (tertiary/aromatic N) is 1. The quantitative estimate of drug-likeness (QED) is 0.296. The first-order valence-corrected chi connectivity index (χ1v) is 8.19. The molecule has 1 rings (SSSR count). The molecule has 6 nitrogen and oxygen atoms in total. The minimum Gasteiger partial charge on any atom is -0.508 e. The molecule has 23 heavy (non-hydrogen) atoms. The van der Waals surface area contributed by atoms with Crippen molar-refractivity contribution in [2.75, 3.05) is 7.11 Å². The maximum absolute atomic E-state index is 11.6. The molecule has 0 fully saturated rings. The van der Waals surface area contributed by atoms with Crippen molar-refractivity contribution in [1.82, 2.24) is 5.43 Å². The van der Waals surface area contributed by atoms with Crippen molar-refractivity contribution in [3.05, 3.63) is 28.2 Å². The number of hydrazone groups is 1. The van der Waals surface area contributed by atoms with Gasteiger partial charge in [0, 0.05) is 22.9 Å². The number of amides is 1. The molecule has 0 aromatic heterocycles. The van der Waals surface area contributed by atoms with Crippen LogP contribution in [-0.2, 0) is 14.3 Å². The third-order valence-corrected chi connectivity index (χ3v) is 3.86. The van der Waals surface area contributed by atoms with E-state index in [2.05, 4.69) is 31.2 Å². The van der Waals surface area contributed by atoms with Crippen LogP contribution in [0, 0.1) is 0 Å². The monoisotopic (exact) mass is 384 g/mol. The molecule has 1 amide bonds. The summed E-state index contributed by atoms with van der Waals surface area (Å²) in [7, 11) is 1.38. The molecule has 126 valence electrons. The number of phenolic OH excluding ortho intramolecular Hbond substituents is 1. The number of aromatic hydroxyl groups is 1. The minimum absolute atomic E-state index is 0.132. The normalized spacial score (nSPS) is 10.7. The van der Waals surface area contributed by atoms with E-state index in [9.17, 15) is 14.7 Å². The van der Waals surface area contributed by atoms with E-state index in [4.69, 9.17) is 0 Å². The number of methoxy groups -OCH3 is 1. The van der Waals surface area contributed by atoms with Gasteiger partial charge in [-0.3, -0.25) is 9.59 Å². The average Bonchev–Trinajstić information content (AvgIpc) is 2.53. The van der Waals surface area contributed by atoms with E-state index in [1.807, 2.05) is 0 Å². The van der Waals surface area contributed by atoms with Gasteiger partial charge in [-0.2, -0.15) is 5.10 Å². The van der Waals surface area contributed by atoms with Gasteiger partial charge in [-0.25, -0.2) is 5.43 Å². The first kappa shape index (κ1) is 19.2. The number of hydrogen-bond acceptors (Lipinski definition) is 5. The highest BCUT2D eigenvalue weighted by Gasteiger charge is 2.02. The zero-order chi connectivity index (χ0) is 17.1. The topological polar surface area (TPSA) is 88.0 Å². The van der Waals surface area contributed by atoms with Crippen molar-refractivity contribution in [3.63, 3.8) is 0 Å². The first-order valence-electron chi connectivity index (χ1n) is 7.40. The number of halogens is 1. The van der Waals surface area contributed by atoms with Gasteiger partial charge in [-0.15, -0.1) is 0 Å². The second-order valence-electron chi connectivity index (χ2n) is 4.99. The van der Waals surface area contributed by atoms with Gasteiger partial charge in [0.25, 0.3) is 0 Å². The summed E-state index contributed by atoms with van der Waals surface area (Å²) in [5.41, 5.74) is 3.12. The lowest BCUT2D eigenvalue weighted by Gasteiger charge is -2.02. The summed E-state index contributed by atoms with van der Waals surface area (Å²) in [5, 5.41) is 13.3. The van der Waals surface area contributed by atoms with E-state index < -0.39 is 0 Å². The summed E-state index contributed by atoms with van der Waals surface area (Å²) in [4.78, 5) is 22.5. The Kier molecular flexibility index (Phi) is 8.97. The van der Waals surface area contributed by atoms with Crippen LogP contribution in [0.4, 0.5) is 0 Å². The number of carbonyl (C=O) groups excluding carboxylic acids is 2. The average molecular weight is 385 g/mol. The molecule has 0 bridgehead atoms. The van der Waals surface area contributed by atoms with Crippen LogP contribution in [0.5, 0.6) is 5.75 Å². The van der Waals surface area contributed by atoms with Crippen molar-refractivity contribution >= 4 is 34.0 Å². The Morgan fingerprint density at radius 2 is 1.96 bits per heavy atom. The summed E-state index contributed by atoms with van der Waals surface area (Å²) < 4.78 is 5.33. The fraction of sp³-hybridized carbons (Fsp3) is 0.438. The maximum Gasteiger partial charge on any atom is 0.305 e. The Morgan fingerprint density at radius 1 is 1.26 bits per heavy atom. The minimum atomic E-state index is -0.199. The number of benzene rings is 1. The van der Waals surface area contributed by atoms with Gasteiger partial charge >= 0.3 is 5.97 Å². The van der Waals surface area contributed by atoms with E-state index >= 15 is 0 Å². The Labute approximate surface area is 144 Å². The van der Waals surface area contributed by atoms with E-state index in [0.717, 1.165) is 30.2 Å². The lowest BCUT2D eigenvalue weighted by Crippen LogP contribution is -2.16. The van der Waals surface area contributed by atoms with Crippen LogP contribution >= 0.6 is 15.9 Å². The largest absolute Gasteiger partial charge is 0.508 e. The highest BCUT2D eigenvalue weighted by Crippen LogP contribution is 2.19. The molecular weight excluding hydrogens is 364 g/mol. The predicted octanol–water partition coefficient (Wildman–Crippen LogP) is 3.12. The van der Waals surface area contributed by atoms with Gasteiger partial charge < -0.3 is 9.84 Å². The van der Waals surface area contributed by atoms with Crippen LogP contribution in [0.2, 0.25) is 0 Å². The number of nitrogens with one attached hydrogen (secondary N) is 1. The summed E-state index contributed by atoms with van der Waals surface area (Å²) in [6, 6.07) is 4.80. The van der Waals surface area contributed by atoms with E-state index in [-0.39, 0.29) is 17.6 Å². The molecule has 0 heterocycles. The van der Waals surface area contributed by atoms with Crippen LogP contribution in [0.25, 0.3) is 0 Å². The smallest absolute Gasteiger partial charge is 0.305 e. The molecular formula is C16H21BrN2O4. The molecule has 0 radical (unpaired) electrons. The second kappa shape index (κ2) is 10.8. The molecule has 0 aliphatic heterocycles. The van der Waals surface area contributed by atoms with Crippen LogP contribution in [0.1, 0.15) is 44.1 Å². The second-order valence-corrected chi connectivity index (χ2v) is 5.84. The molecule has 0 spiro atoms. The number of hydrogen-bond donors (Lipinski definition) is 2. The van der Waals surface area contributed by atoms with Crippen LogP contribution in [0.3, 0.4) is 0 Å². The Morgan fingerprint density at radius 3 is 2.65 bits per heavy atom. The molecule has 0 aliphatic carbocycles. The third-order valence-electron chi connectivity index (χ3n) is 3.13. The zero-order valence-electron chi connectivity index (χ0n) is 13.0. The van der Waals surface area contributed by atoms with Crippen LogP contribution in [0.15, 0.2) is 27.8 Å². The zero-order valence-corrected chi connectivity index (χ0v) is 14.6. The van der Waals surface area contributed by atoms with Gasteiger partial charge in [0.15, 0.2) is 0 Å². The van der Waals surface area contributed by atoms with E-state index in [1.165, 1.54) is 13.3 Å². The predicted molar refractivity (Wildman–Crippen MR) is 91.3 cm³/mol. The van der Waals surface area contributed by atoms with Crippen molar-refractivity contribution in [1.29, 1.82) is 0 Å². The highest BCUT2D eigenvalue weighted by molar-refractivity contribution is 9.10. The summed E-state index contributed by atoms with van der Waals surface area (Å²) in [5.74, 6) is -0.228. The molecule has 1 aromatic carbocycles. The molecule has 0 aliphatic rings. The van der Waals surface area contributed by atoms with Crippen LogP contribution < -0.4 is 5.43 Å². The van der Waals surface area contributed by atoms with Gasteiger partial charge in [0.2, 0.25) is 5.91 Å². The van der Waals surface area contributed by atoms with Gasteiger partial charge in [-0.05, 0) is 31.0 Å². The van der Waals surface area contributed by atoms with Gasteiger partial charge in [0.1, 0.15) is 5.75 Å². The molecule has 1 aromatic rings. The summed E-state index contributed by atoms with van der Waals surface area (Å²) >= 11 is 3.33. The van der Waals surface area contributed by atoms with Gasteiger partial charge in [-0.1, -0.05) is 28.8 Å². The first-order chi connectivity index (χ1) is 11.0. The van der Waals surface area contributed by atoms with Gasteiger partial charge in [0.05, 0.1) is 13.3 Å². The highest BCUT2D eigenvalue weighted by atomic mass is 79.9. The number of esters is 1. The van der Waals surface area contributed by atoms with Crippen molar-refractivity contribution in [2.45, 2.75) is 38.5 Å². The number of phenols is 1. The molecule has 0 saturated heterocycles. The van der Waals surface area contributed by atoms with Crippen molar-refractivity contribution in [3.8, 4) is 5.75 Å². The standard InChI is InChI=1S/C16H21BrN2O4/c1-23-16(22)7-5-3-2-4-6-15(21)19-18-11-12-10-13(20)8-9-14(12)17/h8-11,20H,2-7H2,1H3,(H,19,21)/b18-11+. The number of rotatable bonds is 9. The SMILES string of the molecule is COC(=O)CCCCCCC(=O)N/N=C/c1cc(O)ccc1Br. The molecule has 0 saturated carbocycles. The molecule has 0 unspecified atom stereocenters. The maximum atomic E-state index is 11.6. The fourth-order valence-corrected chi connectivity index (χ4v) is 2.22. The van der Waals surface area contributed by atoms with Crippen LogP contribution in [-0.4, -0.2) is 30.3 Å². The summed E-state index contributed by atoms with van der Waals surface area (Å²) in [6.07, 6.45) is 5.57. The van der Waals surface area contributed by atoms with Crippen molar-refractivity contribution < 1.29 is 19.4 Å². The Hall–Kier alpha value is -1.89.